The van der Waals surface area contributed by atoms with E-state index in [1.165, 1.54) is 0 Å². The molecule has 4 rings (SSSR count). The van der Waals surface area contributed by atoms with E-state index in [9.17, 15) is 0 Å². The lowest BCUT2D eigenvalue weighted by atomic mass is 10.2. The van der Waals surface area contributed by atoms with E-state index in [0.717, 1.165) is 33.8 Å². The first-order valence-electron chi connectivity index (χ1n) is 8.88. The topological polar surface area (TPSA) is 59.3 Å². The Kier molecular flexibility index (Phi) is 5.21. The van der Waals surface area contributed by atoms with Crippen LogP contribution in [0.1, 0.15) is 11.5 Å². The number of hydrogen-bond donors (Lipinski definition) is 2. The number of anilines is 2. The molecule has 0 atom stereocenters. The second kappa shape index (κ2) is 8.10. The molecule has 1 aromatic heterocycles. The second-order valence-electron chi connectivity index (χ2n) is 6.29. The predicted octanol–water partition coefficient (Wildman–Crippen LogP) is 5.52. The van der Waals surface area contributed by atoms with E-state index >= 15 is 0 Å². The summed E-state index contributed by atoms with van der Waals surface area (Å²) in [4.78, 5) is 4.42. The van der Waals surface area contributed by atoms with Gasteiger partial charge in [0.15, 0.2) is 17.3 Å². The summed E-state index contributed by atoms with van der Waals surface area (Å²) in [6.45, 7) is 2.27. The molecule has 0 amide bonds. The maximum atomic E-state index is 5.83. The zero-order chi connectivity index (χ0) is 19.3. The molecule has 0 aliphatic heterocycles. The van der Waals surface area contributed by atoms with Gasteiger partial charge in [0.05, 0.1) is 0 Å². The van der Waals surface area contributed by atoms with E-state index in [1.807, 2.05) is 79.7 Å². The Morgan fingerprint density at radius 1 is 1.00 bits per heavy atom. The average molecular weight is 389 g/mol. The van der Waals surface area contributed by atoms with Crippen LogP contribution in [0, 0.1) is 6.92 Å². The number of rotatable bonds is 5. The third-order valence-electron chi connectivity index (χ3n) is 4.18. The highest BCUT2D eigenvalue weighted by Crippen LogP contribution is 2.23. The van der Waals surface area contributed by atoms with Crippen molar-refractivity contribution in [1.82, 2.24) is 4.98 Å². The van der Waals surface area contributed by atoms with Gasteiger partial charge >= 0.3 is 0 Å². The van der Waals surface area contributed by atoms with Crippen LogP contribution in [0.15, 0.2) is 77.2 Å². The monoisotopic (exact) mass is 389 g/mol. The fraction of sp³-hybridized carbons (Fsp3) is 0.0909. The summed E-state index contributed by atoms with van der Waals surface area (Å²) in [7, 11) is 0. The van der Waals surface area contributed by atoms with Gasteiger partial charge in [0, 0.05) is 11.4 Å². The van der Waals surface area contributed by atoms with E-state index in [0.29, 0.717) is 11.0 Å². The molecule has 0 aliphatic carbocycles. The Morgan fingerprint density at radius 2 is 1.79 bits per heavy atom. The van der Waals surface area contributed by atoms with Crippen molar-refractivity contribution in [2.24, 2.45) is 0 Å². The standard InChI is InChI=1S/C22H19N3O2S/c1-15-13-17(26-14-21-24-19-9-5-6-10-20(19)27-21)11-12-18(15)25-22(28)23-16-7-3-2-4-8-16/h2-13H,14H2,1H3,(H2,23,25,28). The van der Waals surface area contributed by atoms with E-state index in [4.69, 9.17) is 21.4 Å². The Balaban J connectivity index is 1.37. The summed E-state index contributed by atoms with van der Waals surface area (Å²) in [5, 5.41) is 6.91. The van der Waals surface area contributed by atoms with Crippen LogP contribution in [0.5, 0.6) is 5.75 Å². The first-order chi connectivity index (χ1) is 13.7. The summed E-state index contributed by atoms with van der Waals surface area (Å²) in [5.74, 6) is 1.29. The third kappa shape index (κ3) is 4.29. The fourth-order valence-corrected chi connectivity index (χ4v) is 3.03. The number of thiocarbonyl (C=S) groups is 1. The molecule has 0 saturated carbocycles. The van der Waals surface area contributed by atoms with Crippen LogP contribution in [0.3, 0.4) is 0 Å². The highest BCUT2D eigenvalue weighted by molar-refractivity contribution is 7.80. The van der Waals surface area contributed by atoms with Crippen LogP contribution in [-0.2, 0) is 6.61 Å². The van der Waals surface area contributed by atoms with Gasteiger partial charge in [-0.3, -0.25) is 0 Å². The molecule has 140 valence electrons. The summed E-state index contributed by atoms with van der Waals surface area (Å²) >= 11 is 5.38. The van der Waals surface area contributed by atoms with Crippen molar-refractivity contribution in [3.8, 4) is 5.75 Å². The van der Waals surface area contributed by atoms with Gasteiger partial charge in [-0.2, -0.15) is 0 Å². The van der Waals surface area contributed by atoms with Gasteiger partial charge in [0.25, 0.3) is 0 Å². The Bertz CT molecular complexity index is 1080. The smallest absolute Gasteiger partial charge is 0.233 e. The number of nitrogens with one attached hydrogen (secondary N) is 2. The van der Waals surface area contributed by atoms with Crippen LogP contribution in [-0.4, -0.2) is 10.1 Å². The van der Waals surface area contributed by atoms with Crippen LogP contribution in [0.4, 0.5) is 11.4 Å². The lowest BCUT2D eigenvalue weighted by Gasteiger charge is -2.13. The molecule has 2 N–H and O–H groups in total. The Labute approximate surface area is 168 Å². The fourth-order valence-electron chi connectivity index (χ4n) is 2.80. The minimum Gasteiger partial charge on any atom is -0.484 e. The third-order valence-corrected chi connectivity index (χ3v) is 4.38. The van der Waals surface area contributed by atoms with Crippen molar-refractivity contribution in [3.63, 3.8) is 0 Å². The van der Waals surface area contributed by atoms with Crippen molar-refractivity contribution >= 4 is 39.8 Å². The summed E-state index contributed by atoms with van der Waals surface area (Å²) in [6, 6.07) is 23.3. The first kappa shape index (κ1) is 18.0. The number of nitrogens with zero attached hydrogens (tertiary/aromatic N) is 1. The van der Waals surface area contributed by atoms with E-state index in [2.05, 4.69) is 15.6 Å². The van der Waals surface area contributed by atoms with Crippen LogP contribution in [0.25, 0.3) is 11.1 Å². The number of aryl methyl sites for hydroxylation is 1. The molecule has 0 unspecified atom stereocenters. The first-order valence-corrected chi connectivity index (χ1v) is 9.29. The molecule has 3 aromatic carbocycles. The Morgan fingerprint density at radius 3 is 2.57 bits per heavy atom. The quantitative estimate of drug-likeness (QED) is 0.438. The molecule has 0 aliphatic rings. The van der Waals surface area contributed by atoms with Gasteiger partial charge in [-0.15, -0.1) is 0 Å². The van der Waals surface area contributed by atoms with E-state index in [1.54, 1.807) is 0 Å². The van der Waals surface area contributed by atoms with Crippen LogP contribution in [0.2, 0.25) is 0 Å². The summed E-state index contributed by atoms with van der Waals surface area (Å²) in [6.07, 6.45) is 0. The van der Waals surface area contributed by atoms with E-state index in [-0.39, 0.29) is 6.61 Å². The Hall–Kier alpha value is -3.38. The molecule has 0 radical (unpaired) electrons. The highest BCUT2D eigenvalue weighted by Gasteiger charge is 2.07. The zero-order valence-corrected chi connectivity index (χ0v) is 16.1. The molecule has 0 spiro atoms. The lowest BCUT2D eigenvalue weighted by molar-refractivity contribution is 0.267. The number of benzene rings is 3. The van der Waals surface area contributed by atoms with Crippen molar-refractivity contribution in [2.75, 3.05) is 10.6 Å². The number of oxazole rings is 1. The SMILES string of the molecule is Cc1cc(OCc2nc3ccccc3o2)ccc1NC(=S)Nc1ccccc1. The molecule has 5 nitrogen and oxygen atoms in total. The molecule has 0 saturated heterocycles. The van der Waals surface area contributed by atoms with Gasteiger partial charge in [-0.25, -0.2) is 4.98 Å². The highest BCUT2D eigenvalue weighted by atomic mass is 32.1. The van der Waals surface area contributed by atoms with Crippen molar-refractivity contribution in [2.45, 2.75) is 13.5 Å². The van der Waals surface area contributed by atoms with Gasteiger partial charge in [0.1, 0.15) is 11.3 Å². The molecule has 4 aromatic rings. The van der Waals surface area contributed by atoms with Gasteiger partial charge in [-0.05, 0) is 67.2 Å². The number of aromatic nitrogens is 1. The van der Waals surface area contributed by atoms with Gasteiger partial charge in [-0.1, -0.05) is 30.3 Å². The van der Waals surface area contributed by atoms with Gasteiger partial charge in [0.2, 0.25) is 5.89 Å². The molecule has 6 heteroatoms. The van der Waals surface area contributed by atoms with E-state index < -0.39 is 0 Å². The molecule has 0 bridgehead atoms. The lowest BCUT2D eigenvalue weighted by Crippen LogP contribution is -2.19. The predicted molar refractivity (Wildman–Crippen MR) is 116 cm³/mol. The van der Waals surface area contributed by atoms with Crippen molar-refractivity contribution in [3.05, 3.63) is 84.3 Å². The number of hydrogen-bond acceptors (Lipinski definition) is 4. The number of ether oxygens (including phenoxy) is 1. The normalized spacial score (nSPS) is 10.6. The molecule has 0 fully saturated rings. The molecule has 1 heterocycles. The number of fused-ring (bicyclic) bond motifs is 1. The van der Waals surface area contributed by atoms with Crippen LogP contribution >= 0.6 is 12.2 Å². The maximum Gasteiger partial charge on any atom is 0.233 e. The summed E-state index contributed by atoms with van der Waals surface area (Å²) < 4.78 is 11.5. The largest absolute Gasteiger partial charge is 0.484 e. The van der Waals surface area contributed by atoms with Crippen molar-refractivity contribution < 1.29 is 9.15 Å². The zero-order valence-electron chi connectivity index (χ0n) is 15.3. The van der Waals surface area contributed by atoms with Gasteiger partial charge < -0.3 is 19.8 Å². The molecular weight excluding hydrogens is 370 g/mol. The molecular formula is C22H19N3O2S. The summed E-state index contributed by atoms with van der Waals surface area (Å²) in [5.41, 5.74) is 4.47. The average Bonchev–Trinajstić information content (AvgIpc) is 3.12. The number of para-hydroxylation sites is 3. The maximum absolute atomic E-state index is 5.83. The minimum atomic E-state index is 0.273. The molecule has 28 heavy (non-hydrogen) atoms. The van der Waals surface area contributed by atoms with Crippen LogP contribution < -0.4 is 15.4 Å². The minimum absolute atomic E-state index is 0.273. The second-order valence-corrected chi connectivity index (χ2v) is 6.69. The van der Waals surface area contributed by atoms with Crippen molar-refractivity contribution in [1.29, 1.82) is 0 Å².